The lowest BCUT2D eigenvalue weighted by Gasteiger charge is -2.13. The van der Waals surface area contributed by atoms with Gasteiger partial charge >= 0.3 is 0 Å². The van der Waals surface area contributed by atoms with Crippen molar-refractivity contribution in [3.05, 3.63) is 64.4 Å². The van der Waals surface area contributed by atoms with Gasteiger partial charge in [0.25, 0.3) is 0 Å². The summed E-state index contributed by atoms with van der Waals surface area (Å²) in [6.07, 6.45) is 3.27. The molecule has 3 rings (SSSR count). The van der Waals surface area contributed by atoms with Gasteiger partial charge in [-0.05, 0) is 37.4 Å². The summed E-state index contributed by atoms with van der Waals surface area (Å²) in [5.41, 5.74) is 1.84. The van der Waals surface area contributed by atoms with Crippen LogP contribution in [0.2, 0.25) is 10.0 Å². The minimum absolute atomic E-state index is 0.455. The van der Waals surface area contributed by atoms with E-state index >= 15 is 0 Å². The Labute approximate surface area is 143 Å². The zero-order valence-corrected chi connectivity index (χ0v) is 13.8. The van der Waals surface area contributed by atoms with Crippen LogP contribution in [0.15, 0.2) is 48.8 Å². The number of aromatic nitrogens is 3. The molecule has 0 amide bonds. The van der Waals surface area contributed by atoms with E-state index in [4.69, 9.17) is 27.9 Å². The third-order valence-electron chi connectivity index (χ3n) is 3.18. The van der Waals surface area contributed by atoms with Crippen molar-refractivity contribution in [1.29, 1.82) is 0 Å². The Bertz CT molecular complexity index is 806. The Balaban J connectivity index is 1.93. The van der Waals surface area contributed by atoms with Gasteiger partial charge in [-0.3, -0.25) is 0 Å². The van der Waals surface area contributed by atoms with Crippen molar-refractivity contribution in [3.8, 4) is 17.2 Å². The van der Waals surface area contributed by atoms with Gasteiger partial charge in [0.15, 0.2) is 0 Å². The number of benzene rings is 2. The Morgan fingerprint density at radius 1 is 1.04 bits per heavy atom. The summed E-state index contributed by atoms with van der Waals surface area (Å²) >= 11 is 12.0. The van der Waals surface area contributed by atoms with Crippen LogP contribution in [-0.2, 0) is 6.54 Å². The lowest BCUT2D eigenvalue weighted by Crippen LogP contribution is -2.08. The first-order valence-electron chi connectivity index (χ1n) is 6.94. The molecule has 5 nitrogen and oxygen atoms in total. The van der Waals surface area contributed by atoms with Gasteiger partial charge in [-0.2, -0.15) is 15.0 Å². The molecule has 118 valence electrons. The van der Waals surface area contributed by atoms with Crippen LogP contribution in [0, 0.1) is 0 Å². The standard InChI is InChI=1S/C16H14Cl2N4O/c1-19-10-11-8-12(22-20-6-7-21-22)2-5-16(11)23-13-3-4-14(17)15(18)9-13/h2-9,19H,10H2,1H3. The van der Waals surface area contributed by atoms with E-state index in [1.807, 2.05) is 25.2 Å². The molecule has 0 aliphatic heterocycles. The molecule has 3 aromatic rings. The fourth-order valence-electron chi connectivity index (χ4n) is 2.13. The molecule has 0 fully saturated rings. The van der Waals surface area contributed by atoms with Gasteiger partial charge in [-0.1, -0.05) is 23.2 Å². The van der Waals surface area contributed by atoms with E-state index in [1.54, 1.807) is 35.4 Å². The first kappa shape index (κ1) is 15.8. The van der Waals surface area contributed by atoms with Crippen LogP contribution in [0.25, 0.3) is 5.69 Å². The zero-order valence-electron chi connectivity index (χ0n) is 12.3. The highest BCUT2D eigenvalue weighted by molar-refractivity contribution is 6.42. The predicted octanol–water partition coefficient (Wildman–Crippen LogP) is 4.09. The molecule has 2 aromatic carbocycles. The van der Waals surface area contributed by atoms with E-state index < -0.39 is 0 Å². The van der Waals surface area contributed by atoms with Crippen LogP contribution in [0.3, 0.4) is 0 Å². The summed E-state index contributed by atoms with van der Waals surface area (Å²) < 4.78 is 5.94. The minimum Gasteiger partial charge on any atom is -0.457 e. The van der Waals surface area contributed by atoms with Gasteiger partial charge < -0.3 is 10.1 Å². The van der Waals surface area contributed by atoms with Crippen molar-refractivity contribution in [3.63, 3.8) is 0 Å². The van der Waals surface area contributed by atoms with E-state index in [9.17, 15) is 0 Å². The Morgan fingerprint density at radius 2 is 1.83 bits per heavy atom. The van der Waals surface area contributed by atoms with Crippen molar-refractivity contribution in [2.45, 2.75) is 6.54 Å². The number of hydrogen-bond donors (Lipinski definition) is 1. The molecule has 0 spiro atoms. The van der Waals surface area contributed by atoms with E-state index in [2.05, 4.69) is 15.5 Å². The second-order valence-corrected chi connectivity index (χ2v) is 5.63. The molecule has 23 heavy (non-hydrogen) atoms. The molecule has 0 saturated heterocycles. The van der Waals surface area contributed by atoms with Gasteiger partial charge in [-0.15, -0.1) is 0 Å². The largest absolute Gasteiger partial charge is 0.457 e. The average molecular weight is 349 g/mol. The summed E-state index contributed by atoms with van der Waals surface area (Å²) in [5.74, 6) is 1.36. The van der Waals surface area contributed by atoms with Crippen LogP contribution in [0.1, 0.15) is 5.56 Å². The first-order valence-corrected chi connectivity index (χ1v) is 7.70. The SMILES string of the molecule is CNCc1cc(-n2nccn2)ccc1Oc1ccc(Cl)c(Cl)c1. The van der Waals surface area contributed by atoms with Crippen molar-refractivity contribution in [2.24, 2.45) is 0 Å². The molecular formula is C16H14Cl2N4O. The summed E-state index contributed by atoms with van der Waals surface area (Å²) in [7, 11) is 1.88. The highest BCUT2D eigenvalue weighted by atomic mass is 35.5. The summed E-state index contributed by atoms with van der Waals surface area (Å²) in [5, 5.41) is 12.3. The predicted molar refractivity (Wildman–Crippen MR) is 90.7 cm³/mol. The molecular weight excluding hydrogens is 335 g/mol. The molecule has 0 saturated carbocycles. The smallest absolute Gasteiger partial charge is 0.132 e. The van der Waals surface area contributed by atoms with Crippen molar-refractivity contribution < 1.29 is 4.74 Å². The molecule has 0 aliphatic carbocycles. The van der Waals surface area contributed by atoms with Gasteiger partial charge in [0, 0.05) is 18.2 Å². The zero-order chi connectivity index (χ0) is 16.2. The molecule has 1 aromatic heterocycles. The molecule has 1 N–H and O–H groups in total. The van der Waals surface area contributed by atoms with Gasteiger partial charge in [0.05, 0.1) is 28.1 Å². The summed E-state index contributed by atoms with van der Waals surface area (Å²) in [4.78, 5) is 1.56. The third kappa shape index (κ3) is 3.64. The fourth-order valence-corrected chi connectivity index (χ4v) is 2.42. The van der Waals surface area contributed by atoms with Crippen LogP contribution < -0.4 is 10.1 Å². The van der Waals surface area contributed by atoms with E-state index in [1.165, 1.54) is 0 Å². The quantitative estimate of drug-likeness (QED) is 0.754. The van der Waals surface area contributed by atoms with Crippen LogP contribution in [0.5, 0.6) is 11.5 Å². The topological polar surface area (TPSA) is 52.0 Å². The highest BCUT2D eigenvalue weighted by Crippen LogP contribution is 2.31. The van der Waals surface area contributed by atoms with E-state index in [0.717, 1.165) is 17.0 Å². The van der Waals surface area contributed by atoms with Gasteiger partial charge in [-0.25, -0.2) is 0 Å². The second-order valence-electron chi connectivity index (χ2n) is 4.82. The number of halogens is 2. The van der Waals surface area contributed by atoms with Gasteiger partial charge in [0.2, 0.25) is 0 Å². The number of nitrogens with one attached hydrogen (secondary N) is 1. The third-order valence-corrected chi connectivity index (χ3v) is 3.92. The normalized spacial score (nSPS) is 10.7. The maximum Gasteiger partial charge on any atom is 0.132 e. The lowest BCUT2D eigenvalue weighted by atomic mass is 10.1. The van der Waals surface area contributed by atoms with Crippen LogP contribution in [-0.4, -0.2) is 22.0 Å². The molecule has 1 heterocycles. The maximum atomic E-state index is 6.03. The molecule has 0 aliphatic rings. The van der Waals surface area contributed by atoms with E-state index in [-0.39, 0.29) is 0 Å². The highest BCUT2D eigenvalue weighted by Gasteiger charge is 2.09. The maximum absolute atomic E-state index is 6.03. The number of hydrogen-bond acceptors (Lipinski definition) is 4. The monoisotopic (exact) mass is 348 g/mol. The molecule has 0 radical (unpaired) electrons. The average Bonchev–Trinajstić information content (AvgIpc) is 3.07. The van der Waals surface area contributed by atoms with Crippen molar-refractivity contribution in [1.82, 2.24) is 20.3 Å². The van der Waals surface area contributed by atoms with Crippen molar-refractivity contribution >= 4 is 23.2 Å². The number of ether oxygens (including phenoxy) is 1. The van der Waals surface area contributed by atoms with Gasteiger partial charge in [0.1, 0.15) is 11.5 Å². The van der Waals surface area contributed by atoms with Crippen molar-refractivity contribution in [2.75, 3.05) is 7.05 Å². The second kappa shape index (κ2) is 7.00. The summed E-state index contributed by atoms with van der Waals surface area (Å²) in [6.45, 7) is 0.645. The molecule has 0 atom stereocenters. The summed E-state index contributed by atoms with van der Waals surface area (Å²) in [6, 6.07) is 10.9. The molecule has 0 unspecified atom stereocenters. The Hall–Kier alpha value is -2.08. The Morgan fingerprint density at radius 3 is 2.52 bits per heavy atom. The van der Waals surface area contributed by atoms with E-state index in [0.29, 0.717) is 22.3 Å². The lowest BCUT2D eigenvalue weighted by molar-refractivity contribution is 0.474. The first-order chi connectivity index (χ1) is 11.2. The van der Waals surface area contributed by atoms with Crippen LogP contribution >= 0.6 is 23.2 Å². The fraction of sp³-hybridized carbons (Fsp3) is 0.125. The number of rotatable bonds is 5. The molecule has 7 heteroatoms. The number of nitrogens with zero attached hydrogens (tertiary/aromatic N) is 3. The van der Waals surface area contributed by atoms with Crippen LogP contribution in [0.4, 0.5) is 0 Å². The Kier molecular flexibility index (Phi) is 4.81. The minimum atomic E-state index is 0.455. The molecule has 0 bridgehead atoms.